The minimum Gasteiger partial charge on any atom is -0.494 e. The summed E-state index contributed by atoms with van der Waals surface area (Å²) in [6.45, 7) is 6.71. The van der Waals surface area contributed by atoms with Gasteiger partial charge >= 0.3 is 6.09 Å². The van der Waals surface area contributed by atoms with E-state index in [1.807, 2.05) is 26.8 Å². The highest BCUT2D eigenvalue weighted by atomic mass is 16.6. The van der Waals surface area contributed by atoms with Gasteiger partial charge in [0, 0.05) is 13.1 Å². The lowest BCUT2D eigenvalue weighted by Crippen LogP contribution is -2.39. The van der Waals surface area contributed by atoms with Gasteiger partial charge in [-0.1, -0.05) is 6.08 Å². The normalized spacial score (nSPS) is 15.4. The maximum atomic E-state index is 12.0. The molecule has 0 atom stereocenters. The molecule has 0 aromatic carbocycles. The molecule has 1 aromatic heterocycles. The molecule has 0 fully saturated rings. The fourth-order valence-corrected chi connectivity index (χ4v) is 1.95. The Balaban J connectivity index is 1.99. The van der Waals surface area contributed by atoms with Crippen molar-refractivity contribution in [2.45, 2.75) is 32.8 Å². The molecule has 6 heteroatoms. The van der Waals surface area contributed by atoms with Gasteiger partial charge in [-0.25, -0.2) is 14.8 Å². The second-order valence-corrected chi connectivity index (χ2v) is 5.85. The highest BCUT2D eigenvalue weighted by Crippen LogP contribution is 2.21. The molecule has 0 saturated carbocycles. The van der Waals surface area contributed by atoms with E-state index in [-0.39, 0.29) is 6.09 Å². The van der Waals surface area contributed by atoms with Crippen LogP contribution in [0.1, 0.15) is 33.0 Å². The van der Waals surface area contributed by atoms with E-state index in [9.17, 15) is 4.79 Å². The summed E-state index contributed by atoms with van der Waals surface area (Å²) in [5.41, 5.74) is 0.567. The van der Waals surface area contributed by atoms with Crippen LogP contribution in [0.5, 0.6) is 5.75 Å². The molecule has 0 saturated heterocycles. The van der Waals surface area contributed by atoms with E-state index in [4.69, 9.17) is 9.47 Å². The van der Waals surface area contributed by atoms with Crippen molar-refractivity contribution in [3.63, 3.8) is 0 Å². The monoisotopic (exact) mass is 291 g/mol. The molecule has 0 radical (unpaired) electrons. The number of carbonyl (C=O) groups is 1. The molecule has 1 aliphatic rings. The average Bonchev–Trinajstić information content (AvgIpc) is 2.46. The molecular formula is C15H21N3O3. The van der Waals surface area contributed by atoms with Crippen LogP contribution in [0.25, 0.3) is 5.57 Å². The van der Waals surface area contributed by atoms with Crippen molar-refractivity contribution < 1.29 is 14.3 Å². The first-order valence-electron chi connectivity index (χ1n) is 6.92. The molecule has 114 valence electrons. The molecule has 0 spiro atoms. The maximum Gasteiger partial charge on any atom is 0.410 e. The van der Waals surface area contributed by atoms with Crippen molar-refractivity contribution in [1.29, 1.82) is 0 Å². The third-order valence-corrected chi connectivity index (χ3v) is 3.01. The summed E-state index contributed by atoms with van der Waals surface area (Å²) >= 11 is 0. The maximum absolute atomic E-state index is 12.0. The predicted molar refractivity (Wildman–Crippen MR) is 79.0 cm³/mol. The van der Waals surface area contributed by atoms with Crippen molar-refractivity contribution in [2.75, 3.05) is 20.2 Å². The van der Waals surface area contributed by atoms with Crippen LogP contribution in [0.15, 0.2) is 18.5 Å². The standard InChI is InChI=1S/C15H21N3O3/c1-15(2,3)21-14(19)18-7-5-11(6-8-18)13-16-9-12(20-4)10-17-13/h5,9-10H,6-8H2,1-4H3. The number of amides is 1. The zero-order valence-electron chi connectivity index (χ0n) is 12.9. The van der Waals surface area contributed by atoms with E-state index in [0.29, 0.717) is 31.1 Å². The molecule has 1 aromatic rings. The number of aromatic nitrogens is 2. The first kappa shape index (κ1) is 15.3. The van der Waals surface area contributed by atoms with Crippen LogP contribution in [0.4, 0.5) is 4.79 Å². The second-order valence-electron chi connectivity index (χ2n) is 5.85. The number of hydrogen-bond donors (Lipinski definition) is 0. The molecule has 0 N–H and O–H groups in total. The minimum atomic E-state index is -0.472. The van der Waals surface area contributed by atoms with Crippen molar-refractivity contribution in [3.8, 4) is 5.75 Å². The quantitative estimate of drug-likeness (QED) is 0.837. The lowest BCUT2D eigenvalue weighted by Gasteiger charge is -2.29. The van der Waals surface area contributed by atoms with Crippen LogP contribution in [0.2, 0.25) is 0 Å². The van der Waals surface area contributed by atoms with Gasteiger partial charge in [-0.15, -0.1) is 0 Å². The number of hydrogen-bond acceptors (Lipinski definition) is 5. The second kappa shape index (κ2) is 6.11. The van der Waals surface area contributed by atoms with Gasteiger partial charge in [0.2, 0.25) is 0 Å². The topological polar surface area (TPSA) is 64.5 Å². The van der Waals surface area contributed by atoms with E-state index in [0.717, 1.165) is 5.57 Å². The molecule has 1 aliphatic heterocycles. The van der Waals surface area contributed by atoms with Crippen LogP contribution in [0, 0.1) is 0 Å². The molecule has 6 nitrogen and oxygen atoms in total. The third-order valence-electron chi connectivity index (χ3n) is 3.01. The summed E-state index contributed by atoms with van der Waals surface area (Å²) in [5, 5.41) is 0. The van der Waals surface area contributed by atoms with Crippen molar-refractivity contribution >= 4 is 11.7 Å². The molecule has 21 heavy (non-hydrogen) atoms. The molecule has 1 amide bonds. The number of ether oxygens (including phenoxy) is 2. The lowest BCUT2D eigenvalue weighted by molar-refractivity contribution is 0.0270. The highest BCUT2D eigenvalue weighted by molar-refractivity contribution is 5.71. The lowest BCUT2D eigenvalue weighted by atomic mass is 10.1. The third kappa shape index (κ3) is 4.18. The Morgan fingerprint density at radius 3 is 2.43 bits per heavy atom. The molecule has 2 rings (SSSR count). The average molecular weight is 291 g/mol. The van der Waals surface area contributed by atoms with E-state index >= 15 is 0 Å². The van der Waals surface area contributed by atoms with Crippen molar-refractivity contribution in [3.05, 3.63) is 24.3 Å². The Morgan fingerprint density at radius 2 is 1.95 bits per heavy atom. The van der Waals surface area contributed by atoms with Gasteiger partial charge in [0.25, 0.3) is 0 Å². The van der Waals surface area contributed by atoms with E-state index in [1.165, 1.54) is 0 Å². The summed E-state index contributed by atoms with van der Waals surface area (Å²) in [4.78, 5) is 22.2. The summed E-state index contributed by atoms with van der Waals surface area (Å²) in [6, 6.07) is 0. The molecule has 2 heterocycles. The predicted octanol–water partition coefficient (Wildman–Crippen LogP) is 2.51. The number of nitrogens with zero attached hydrogens (tertiary/aromatic N) is 3. The van der Waals surface area contributed by atoms with Crippen molar-refractivity contribution in [1.82, 2.24) is 14.9 Å². The van der Waals surface area contributed by atoms with Gasteiger partial charge in [0.15, 0.2) is 11.6 Å². The van der Waals surface area contributed by atoms with Crippen LogP contribution >= 0.6 is 0 Å². The summed E-state index contributed by atoms with van der Waals surface area (Å²) in [6.07, 6.45) is 5.68. The van der Waals surface area contributed by atoms with Gasteiger partial charge in [0.05, 0.1) is 19.5 Å². The first-order chi connectivity index (χ1) is 9.89. The fourth-order valence-electron chi connectivity index (χ4n) is 1.95. The molecule has 0 unspecified atom stereocenters. The minimum absolute atomic E-state index is 0.284. The van der Waals surface area contributed by atoms with E-state index in [1.54, 1.807) is 24.4 Å². The van der Waals surface area contributed by atoms with Gasteiger partial charge in [-0.2, -0.15) is 0 Å². The summed E-state index contributed by atoms with van der Waals surface area (Å²) in [5.74, 6) is 1.31. The number of methoxy groups -OCH3 is 1. The zero-order chi connectivity index (χ0) is 15.5. The number of rotatable bonds is 2. The summed E-state index contributed by atoms with van der Waals surface area (Å²) < 4.78 is 10.4. The van der Waals surface area contributed by atoms with Crippen molar-refractivity contribution in [2.24, 2.45) is 0 Å². The van der Waals surface area contributed by atoms with E-state index < -0.39 is 5.60 Å². The Morgan fingerprint density at radius 1 is 1.29 bits per heavy atom. The largest absolute Gasteiger partial charge is 0.494 e. The SMILES string of the molecule is COc1cnc(C2=CCN(C(=O)OC(C)(C)C)CC2)nc1. The fraction of sp³-hybridized carbons (Fsp3) is 0.533. The molecular weight excluding hydrogens is 270 g/mol. The summed E-state index contributed by atoms with van der Waals surface area (Å²) in [7, 11) is 1.58. The van der Waals surface area contributed by atoms with Crippen LogP contribution in [-0.2, 0) is 4.74 Å². The molecule has 0 aliphatic carbocycles. The van der Waals surface area contributed by atoms with Gasteiger partial charge < -0.3 is 14.4 Å². The van der Waals surface area contributed by atoms with E-state index in [2.05, 4.69) is 9.97 Å². The Bertz CT molecular complexity index is 532. The van der Waals surface area contributed by atoms with Crippen LogP contribution in [0.3, 0.4) is 0 Å². The first-order valence-corrected chi connectivity index (χ1v) is 6.92. The highest BCUT2D eigenvalue weighted by Gasteiger charge is 2.24. The molecule has 0 bridgehead atoms. The zero-order valence-corrected chi connectivity index (χ0v) is 12.9. The Hall–Kier alpha value is -2.11. The smallest absolute Gasteiger partial charge is 0.410 e. The van der Waals surface area contributed by atoms with Crippen LogP contribution in [-0.4, -0.2) is 46.8 Å². The van der Waals surface area contributed by atoms with Gasteiger partial charge in [0.1, 0.15) is 5.60 Å². The Kier molecular flexibility index (Phi) is 4.45. The Labute approximate surface area is 124 Å². The van der Waals surface area contributed by atoms with Gasteiger partial charge in [-0.05, 0) is 32.8 Å². The van der Waals surface area contributed by atoms with Crippen LogP contribution < -0.4 is 4.74 Å². The van der Waals surface area contributed by atoms with Gasteiger partial charge in [-0.3, -0.25) is 0 Å². The number of carbonyl (C=O) groups excluding carboxylic acids is 1.